The van der Waals surface area contributed by atoms with E-state index in [0.717, 1.165) is 12.2 Å². The molecule has 0 saturated heterocycles. The molecule has 1 heterocycles. The second-order valence-corrected chi connectivity index (χ2v) is 9.76. The summed E-state index contributed by atoms with van der Waals surface area (Å²) in [5.74, 6) is 0.130. The maximum Gasteiger partial charge on any atom is 0.247 e. The lowest BCUT2D eigenvalue weighted by Crippen LogP contribution is -2.29. The zero-order valence-corrected chi connectivity index (χ0v) is 25.9. The highest BCUT2D eigenvalue weighted by Gasteiger charge is 2.19. The van der Waals surface area contributed by atoms with E-state index in [9.17, 15) is 14.0 Å². The van der Waals surface area contributed by atoms with Crippen molar-refractivity contribution >= 4 is 52.5 Å². The Kier molecular flexibility index (Phi) is 13.1. The third-order valence-electron chi connectivity index (χ3n) is 5.97. The molecule has 1 aromatic heterocycles. The van der Waals surface area contributed by atoms with Gasteiger partial charge in [0.2, 0.25) is 18.3 Å². The molecule has 12 heteroatoms. The number of anilines is 7. The number of halogens is 1. The molecule has 3 rings (SSSR count). The summed E-state index contributed by atoms with van der Waals surface area (Å²) in [6.07, 6.45) is 5.05. The minimum Gasteiger partial charge on any atom is -0.494 e. The normalized spacial score (nSPS) is 10.2. The summed E-state index contributed by atoms with van der Waals surface area (Å²) in [6, 6.07) is 9.22. The smallest absolute Gasteiger partial charge is 0.247 e. The van der Waals surface area contributed by atoms with E-state index in [1.165, 1.54) is 42.5 Å². The number of amides is 2. The zero-order chi connectivity index (χ0) is 32.1. The molecule has 0 bridgehead atoms. The Labute approximate surface area is 253 Å². The van der Waals surface area contributed by atoms with Crippen LogP contribution in [0.5, 0.6) is 5.75 Å². The average Bonchev–Trinajstić information content (AvgIpc) is 2.97. The lowest BCUT2D eigenvalue weighted by atomic mass is 10.2. The fourth-order valence-electron chi connectivity index (χ4n) is 3.86. The Balaban J connectivity index is 0.00000206. The number of likely N-dealkylation sites (N-methyl/N-ethyl adjacent to an activating group) is 2. The molecule has 2 aromatic carbocycles. The first-order valence-corrected chi connectivity index (χ1v) is 13.4. The first kappa shape index (κ1) is 34.2. The number of benzene rings is 2. The lowest BCUT2D eigenvalue weighted by molar-refractivity contribution is -0.112. The predicted octanol–water partition coefficient (Wildman–Crippen LogP) is 5.04. The van der Waals surface area contributed by atoms with Crippen molar-refractivity contribution < 1.29 is 18.7 Å². The van der Waals surface area contributed by atoms with Gasteiger partial charge in [0, 0.05) is 46.5 Å². The fourth-order valence-corrected chi connectivity index (χ4v) is 3.86. The van der Waals surface area contributed by atoms with Gasteiger partial charge in [0.15, 0.2) is 0 Å². The van der Waals surface area contributed by atoms with Gasteiger partial charge in [0.1, 0.15) is 17.4 Å². The molecular weight excluding hydrogens is 551 g/mol. The van der Waals surface area contributed by atoms with Gasteiger partial charge in [0.05, 0.1) is 35.5 Å². The van der Waals surface area contributed by atoms with Gasteiger partial charge in [-0.3, -0.25) is 14.5 Å². The highest BCUT2D eigenvalue weighted by atomic mass is 19.1. The number of hydrogen-bond acceptors (Lipinski definition) is 9. The van der Waals surface area contributed by atoms with Crippen molar-refractivity contribution in [1.29, 1.82) is 0 Å². The highest BCUT2D eigenvalue weighted by molar-refractivity contribution is 6.02. The zero-order valence-electron chi connectivity index (χ0n) is 25.9. The summed E-state index contributed by atoms with van der Waals surface area (Å²) in [5.41, 5.74) is 2.70. The van der Waals surface area contributed by atoms with Crippen LogP contribution in [0.25, 0.3) is 0 Å². The Morgan fingerprint density at radius 2 is 1.70 bits per heavy atom. The van der Waals surface area contributed by atoms with E-state index >= 15 is 0 Å². The topological polar surface area (TPSA) is 106 Å². The molecule has 0 aliphatic carbocycles. The van der Waals surface area contributed by atoms with Crippen LogP contribution in [-0.4, -0.2) is 82.6 Å². The third-order valence-corrected chi connectivity index (χ3v) is 5.97. The van der Waals surface area contributed by atoms with E-state index in [1.54, 1.807) is 43.3 Å². The van der Waals surface area contributed by atoms with Gasteiger partial charge in [-0.05, 0) is 57.4 Å². The first-order valence-electron chi connectivity index (χ1n) is 13.4. The summed E-state index contributed by atoms with van der Waals surface area (Å²) in [7, 11) is 10.9. The second kappa shape index (κ2) is 16.5. The number of aromatic nitrogens is 2. The average molecular weight is 593 g/mol. The van der Waals surface area contributed by atoms with Crippen LogP contribution in [0.4, 0.5) is 44.6 Å². The van der Waals surface area contributed by atoms with Crippen molar-refractivity contribution in [1.82, 2.24) is 14.9 Å². The molecule has 3 aromatic rings. The van der Waals surface area contributed by atoms with Crippen LogP contribution in [0.2, 0.25) is 0 Å². The Morgan fingerprint density at radius 3 is 2.28 bits per heavy atom. The van der Waals surface area contributed by atoms with Gasteiger partial charge in [-0.2, -0.15) is 4.98 Å². The number of carbonyl (C=O) groups excluding carboxylic acids is 2. The molecule has 0 aliphatic heterocycles. The molecule has 2 N–H and O–H groups in total. The minimum atomic E-state index is -0.425. The standard InChI is InChI=1S/C28H35FN8O3.C3H6/c1-8-27(39)31-20-16-21(25(40-7)17-23(20)36(6)14-13-34(2)3)32-28-30-12-11-26(33-28)37(18-38)22-10-9-19(29)15-24(22)35(4)5;1-3-2/h8-12,15-18H,1,13-14H2,2-7H3,(H,31,39)(H,30,32,33);3H,1H2,2H3. The van der Waals surface area contributed by atoms with Crippen molar-refractivity contribution in [3.8, 4) is 5.75 Å². The number of hydrogen-bond donors (Lipinski definition) is 2. The van der Waals surface area contributed by atoms with Crippen molar-refractivity contribution in [3.05, 3.63) is 73.7 Å². The van der Waals surface area contributed by atoms with Gasteiger partial charge >= 0.3 is 0 Å². The molecule has 0 unspecified atom stereocenters. The highest BCUT2D eigenvalue weighted by Crippen LogP contribution is 2.38. The van der Waals surface area contributed by atoms with Gasteiger partial charge in [0.25, 0.3) is 0 Å². The molecule has 230 valence electrons. The summed E-state index contributed by atoms with van der Waals surface area (Å²) >= 11 is 0. The molecule has 0 fully saturated rings. The van der Waals surface area contributed by atoms with E-state index in [2.05, 4.69) is 38.7 Å². The molecule has 0 aliphatic rings. The summed E-state index contributed by atoms with van der Waals surface area (Å²) in [6.45, 7) is 10.3. The minimum absolute atomic E-state index is 0.172. The Bertz CT molecular complexity index is 1410. The van der Waals surface area contributed by atoms with Gasteiger partial charge in [-0.1, -0.05) is 12.7 Å². The number of carbonyl (C=O) groups is 2. The van der Waals surface area contributed by atoms with Crippen molar-refractivity contribution in [2.75, 3.05) is 80.8 Å². The van der Waals surface area contributed by atoms with Gasteiger partial charge in [-0.15, -0.1) is 6.58 Å². The number of rotatable bonds is 13. The molecule has 43 heavy (non-hydrogen) atoms. The van der Waals surface area contributed by atoms with Crippen LogP contribution in [0.15, 0.2) is 67.9 Å². The van der Waals surface area contributed by atoms with Crippen LogP contribution >= 0.6 is 0 Å². The summed E-state index contributed by atoms with van der Waals surface area (Å²) < 4.78 is 19.6. The Morgan fingerprint density at radius 1 is 1.00 bits per heavy atom. The summed E-state index contributed by atoms with van der Waals surface area (Å²) in [5, 5.41) is 5.97. The van der Waals surface area contributed by atoms with Crippen molar-refractivity contribution in [3.63, 3.8) is 0 Å². The molecule has 0 atom stereocenters. The maximum atomic E-state index is 13.9. The van der Waals surface area contributed by atoms with Crippen LogP contribution in [-0.2, 0) is 9.59 Å². The predicted molar refractivity (Wildman–Crippen MR) is 174 cm³/mol. The molecule has 0 radical (unpaired) electrons. The van der Waals surface area contributed by atoms with Crippen LogP contribution < -0.4 is 30.1 Å². The number of methoxy groups -OCH3 is 1. The van der Waals surface area contributed by atoms with Crippen LogP contribution in [0.1, 0.15) is 6.92 Å². The monoisotopic (exact) mass is 592 g/mol. The maximum absolute atomic E-state index is 13.9. The number of nitrogens with one attached hydrogen (secondary N) is 2. The summed E-state index contributed by atoms with van der Waals surface area (Å²) in [4.78, 5) is 40.3. The molecular formula is C31H41FN8O3. The fraction of sp³-hybridized carbons (Fsp3) is 0.290. The van der Waals surface area contributed by atoms with Crippen molar-refractivity contribution in [2.24, 2.45) is 0 Å². The van der Waals surface area contributed by atoms with E-state index in [4.69, 9.17) is 4.74 Å². The number of nitrogens with zero attached hydrogens (tertiary/aromatic N) is 6. The van der Waals surface area contributed by atoms with E-state index in [0.29, 0.717) is 41.5 Å². The molecule has 0 saturated carbocycles. The molecule has 0 spiro atoms. The number of ether oxygens (including phenoxy) is 1. The Hall–Kier alpha value is -4.97. The van der Waals surface area contributed by atoms with Gasteiger partial charge in [-0.25, -0.2) is 9.37 Å². The lowest BCUT2D eigenvalue weighted by Gasteiger charge is -2.26. The van der Waals surface area contributed by atoms with Crippen molar-refractivity contribution in [2.45, 2.75) is 6.92 Å². The quantitative estimate of drug-likeness (QED) is 0.160. The second-order valence-electron chi connectivity index (χ2n) is 9.76. The largest absolute Gasteiger partial charge is 0.494 e. The SMILES string of the molecule is C=CC.C=CC(=O)Nc1cc(Nc2nccc(N(C=O)c3ccc(F)cc3N(C)C)n2)c(OC)cc1N(C)CCN(C)C. The van der Waals surface area contributed by atoms with Crippen LogP contribution in [0, 0.1) is 5.82 Å². The van der Waals surface area contributed by atoms with E-state index < -0.39 is 5.82 Å². The van der Waals surface area contributed by atoms with E-state index in [1.807, 2.05) is 33.0 Å². The van der Waals surface area contributed by atoms with Crippen LogP contribution in [0.3, 0.4) is 0 Å². The first-order chi connectivity index (χ1) is 20.5. The molecule has 2 amide bonds. The van der Waals surface area contributed by atoms with Gasteiger partial charge < -0.3 is 30.1 Å². The molecule has 11 nitrogen and oxygen atoms in total. The third kappa shape index (κ3) is 9.54. The number of allylic oxidation sites excluding steroid dienone is 1. The van der Waals surface area contributed by atoms with E-state index in [-0.39, 0.29) is 17.7 Å².